The minimum atomic E-state index is -0.252. The third-order valence-corrected chi connectivity index (χ3v) is 4.41. The van der Waals surface area contributed by atoms with Crippen LogP contribution in [0.3, 0.4) is 0 Å². The molecule has 1 aromatic carbocycles. The lowest BCUT2D eigenvalue weighted by Crippen LogP contribution is -2.29. The molecule has 2 aromatic heterocycles. The second-order valence-corrected chi connectivity index (χ2v) is 6.41. The van der Waals surface area contributed by atoms with Gasteiger partial charge in [-0.05, 0) is 24.5 Å². The summed E-state index contributed by atoms with van der Waals surface area (Å²) < 4.78 is 1.26. The third kappa shape index (κ3) is 4.25. The largest absolute Gasteiger partial charge is 0.409 e. The molecule has 0 amide bonds. The van der Waals surface area contributed by atoms with Gasteiger partial charge in [0, 0.05) is 19.2 Å². The molecule has 0 saturated carbocycles. The molecular weight excluding hydrogens is 342 g/mol. The third-order valence-electron chi connectivity index (χ3n) is 4.41. The van der Waals surface area contributed by atoms with E-state index in [1.165, 1.54) is 11.1 Å². The Balaban J connectivity index is 1.92. The monoisotopic (exact) mass is 367 g/mol. The second-order valence-electron chi connectivity index (χ2n) is 6.41. The van der Waals surface area contributed by atoms with Gasteiger partial charge in [-0.2, -0.15) is 0 Å². The standard InChI is InChI=1S/C20H25N5O2/c1-3-4-9-27-25-18(26)10-17(19-14(2)23-13-24-20(19)25)22-12-16-7-5-15(11-21)6-8-16/h5-8,10,13,22H,3-4,9,11-12,21H2,1-2H3. The zero-order valence-electron chi connectivity index (χ0n) is 15.7. The molecule has 0 unspecified atom stereocenters. The van der Waals surface area contributed by atoms with E-state index in [2.05, 4.69) is 22.2 Å². The van der Waals surface area contributed by atoms with Crippen LogP contribution in [0, 0.1) is 6.92 Å². The number of benzene rings is 1. The maximum atomic E-state index is 12.6. The molecule has 0 aliphatic carbocycles. The van der Waals surface area contributed by atoms with Crippen molar-refractivity contribution in [2.75, 3.05) is 11.9 Å². The molecule has 27 heavy (non-hydrogen) atoms. The van der Waals surface area contributed by atoms with Crippen molar-refractivity contribution in [1.82, 2.24) is 14.7 Å². The Bertz CT molecular complexity index is 967. The second kappa shape index (κ2) is 8.64. The van der Waals surface area contributed by atoms with Gasteiger partial charge in [-0.25, -0.2) is 9.97 Å². The smallest absolute Gasteiger partial charge is 0.287 e. The molecule has 7 nitrogen and oxygen atoms in total. The highest BCUT2D eigenvalue weighted by Crippen LogP contribution is 2.22. The molecular formula is C20H25N5O2. The van der Waals surface area contributed by atoms with Gasteiger partial charge in [-0.15, -0.1) is 4.73 Å². The Morgan fingerprint density at radius 3 is 2.63 bits per heavy atom. The van der Waals surface area contributed by atoms with Crippen LogP contribution < -0.4 is 21.4 Å². The van der Waals surface area contributed by atoms with Gasteiger partial charge in [0.15, 0.2) is 5.65 Å². The molecule has 142 valence electrons. The predicted octanol–water partition coefficient (Wildman–Crippen LogP) is 2.40. The van der Waals surface area contributed by atoms with Crippen LogP contribution in [0.4, 0.5) is 5.69 Å². The van der Waals surface area contributed by atoms with Crippen molar-refractivity contribution in [2.45, 2.75) is 39.8 Å². The molecule has 3 N–H and O–H groups in total. The number of nitrogens with one attached hydrogen (secondary N) is 1. The van der Waals surface area contributed by atoms with Crippen LogP contribution in [0.25, 0.3) is 11.0 Å². The minimum Gasteiger partial charge on any atom is -0.409 e. The van der Waals surface area contributed by atoms with Crippen LogP contribution in [-0.4, -0.2) is 21.3 Å². The minimum absolute atomic E-state index is 0.252. The molecule has 0 aliphatic rings. The SMILES string of the molecule is CCCCOn1c(=O)cc(NCc2ccc(CN)cc2)c2c(C)ncnc21. The van der Waals surface area contributed by atoms with Crippen molar-refractivity contribution in [3.8, 4) is 0 Å². The lowest BCUT2D eigenvalue weighted by atomic mass is 10.1. The Labute approximate surface area is 158 Å². The number of fused-ring (bicyclic) bond motifs is 1. The Kier molecular flexibility index (Phi) is 6.03. The molecule has 3 aromatic rings. The summed E-state index contributed by atoms with van der Waals surface area (Å²) in [5.74, 6) is 0. The zero-order valence-corrected chi connectivity index (χ0v) is 15.7. The zero-order chi connectivity index (χ0) is 19.2. The molecule has 0 aliphatic heterocycles. The number of rotatable bonds is 8. The highest BCUT2D eigenvalue weighted by atomic mass is 16.7. The molecule has 0 spiro atoms. The number of nitrogens with two attached hydrogens (primary N) is 1. The van der Waals surface area contributed by atoms with E-state index in [1.54, 1.807) is 6.07 Å². The number of aromatic nitrogens is 3. The van der Waals surface area contributed by atoms with E-state index in [1.807, 2.05) is 31.2 Å². The molecule has 7 heteroatoms. The van der Waals surface area contributed by atoms with E-state index >= 15 is 0 Å². The van der Waals surface area contributed by atoms with Crippen molar-refractivity contribution in [3.05, 3.63) is 63.8 Å². The summed E-state index contributed by atoms with van der Waals surface area (Å²) in [6.45, 7) is 5.53. The van der Waals surface area contributed by atoms with Crippen molar-refractivity contribution < 1.29 is 4.84 Å². The normalized spacial score (nSPS) is 10.9. The molecule has 0 fully saturated rings. The van der Waals surface area contributed by atoms with Gasteiger partial charge in [0.1, 0.15) is 12.9 Å². The summed E-state index contributed by atoms with van der Waals surface area (Å²) in [5.41, 5.74) is 9.53. The van der Waals surface area contributed by atoms with E-state index < -0.39 is 0 Å². The first-order valence-corrected chi connectivity index (χ1v) is 9.16. The Morgan fingerprint density at radius 2 is 1.93 bits per heavy atom. The number of unbranched alkanes of at least 4 members (excludes halogenated alkanes) is 1. The number of nitrogens with zero attached hydrogens (tertiary/aromatic N) is 3. The van der Waals surface area contributed by atoms with Crippen LogP contribution in [-0.2, 0) is 13.1 Å². The average Bonchev–Trinajstić information content (AvgIpc) is 2.68. The van der Waals surface area contributed by atoms with Crippen molar-refractivity contribution >= 4 is 16.7 Å². The van der Waals surface area contributed by atoms with Gasteiger partial charge in [0.25, 0.3) is 5.56 Å². The summed E-state index contributed by atoms with van der Waals surface area (Å²) in [5, 5.41) is 4.12. The first kappa shape index (κ1) is 18.8. The van der Waals surface area contributed by atoms with Crippen molar-refractivity contribution in [2.24, 2.45) is 5.73 Å². The van der Waals surface area contributed by atoms with E-state index in [0.717, 1.165) is 35.0 Å². The van der Waals surface area contributed by atoms with Gasteiger partial charge in [0.2, 0.25) is 0 Å². The van der Waals surface area contributed by atoms with Crippen molar-refractivity contribution in [3.63, 3.8) is 0 Å². The summed E-state index contributed by atoms with van der Waals surface area (Å²) >= 11 is 0. The van der Waals surface area contributed by atoms with Crippen molar-refractivity contribution in [1.29, 1.82) is 0 Å². The van der Waals surface area contributed by atoms with Crippen LogP contribution in [0.15, 0.2) is 41.5 Å². The van der Waals surface area contributed by atoms with Crippen LogP contribution in [0.5, 0.6) is 0 Å². The maximum Gasteiger partial charge on any atom is 0.287 e. The summed E-state index contributed by atoms with van der Waals surface area (Å²) in [4.78, 5) is 26.8. The average molecular weight is 367 g/mol. The Hall–Kier alpha value is -2.93. The number of anilines is 1. The van der Waals surface area contributed by atoms with Gasteiger partial charge < -0.3 is 15.9 Å². The van der Waals surface area contributed by atoms with E-state index in [9.17, 15) is 4.79 Å². The highest BCUT2D eigenvalue weighted by molar-refractivity contribution is 5.90. The number of hydrogen-bond donors (Lipinski definition) is 2. The topological polar surface area (TPSA) is 95.1 Å². The fourth-order valence-electron chi connectivity index (χ4n) is 2.84. The molecule has 0 bridgehead atoms. The first-order valence-electron chi connectivity index (χ1n) is 9.16. The first-order chi connectivity index (χ1) is 13.1. The molecule has 0 saturated heterocycles. The number of pyridine rings is 1. The van der Waals surface area contributed by atoms with Gasteiger partial charge in [0.05, 0.1) is 16.8 Å². The van der Waals surface area contributed by atoms with E-state index in [-0.39, 0.29) is 5.56 Å². The summed E-state index contributed by atoms with van der Waals surface area (Å²) in [6.07, 6.45) is 3.31. The molecule has 0 radical (unpaired) electrons. The predicted molar refractivity (Wildman–Crippen MR) is 107 cm³/mol. The Morgan fingerprint density at radius 1 is 1.19 bits per heavy atom. The lowest BCUT2D eigenvalue weighted by Gasteiger charge is -2.15. The van der Waals surface area contributed by atoms with Crippen LogP contribution >= 0.6 is 0 Å². The fourth-order valence-corrected chi connectivity index (χ4v) is 2.84. The van der Waals surface area contributed by atoms with E-state index in [0.29, 0.717) is 31.0 Å². The maximum absolute atomic E-state index is 12.6. The summed E-state index contributed by atoms with van der Waals surface area (Å²) in [7, 11) is 0. The highest BCUT2D eigenvalue weighted by Gasteiger charge is 2.14. The van der Waals surface area contributed by atoms with Gasteiger partial charge in [-0.3, -0.25) is 4.79 Å². The molecule has 2 heterocycles. The number of aryl methyl sites for hydroxylation is 1. The number of hydrogen-bond acceptors (Lipinski definition) is 6. The fraction of sp³-hybridized carbons (Fsp3) is 0.350. The van der Waals surface area contributed by atoms with E-state index in [4.69, 9.17) is 10.6 Å². The molecule has 0 atom stereocenters. The van der Waals surface area contributed by atoms with Gasteiger partial charge in [-0.1, -0.05) is 37.6 Å². The molecule has 3 rings (SSSR count). The van der Waals surface area contributed by atoms with Crippen LogP contribution in [0.1, 0.15) is 36.6 Å². The van der Waals surface area contributed by atoms with Gasteiger partial charge >= 0.3 is 0 Å². The lowest BCUT2D eigenvalue weighted by molar-refractivity contribution is 0.108. The van der Waals surface area contributed by atoms with Crippen LogP contribution in [0.2, 0.25) is 0 Å². The summed E-state index contributed by atoms with van der Waals surface area (Å²) in [6, 6.07) is 9.59. The quantitative estimate of drug-likeness (QED) is 0.594.